The van der Waals surface area contributed by atoms with E-state index < -0.39 is 22.0 Å². The summed E-state index contributed by atoms with van der Waals surface area (Å²) >= 11 is 12.5. The van der Waals surface area contributed by atoms with Crippen molar-refractivity contribution in [2.24, 2.45) is 0 Å². The third-order valence-corrected chi connectivity index (χ3v) is 5.16. The maximum atomic E-state index is 12.2. The van der Waals surface area contributed by atoms with E-state index in [4.69, 9.17) is 41.6 Å². The number of nitrogens with one attached hydrogen (secondary N) is 1. The molecule has 0 saturated carbocycles. The van der Waals surface area contributed by atoms with Gasteiger partial charge in [0.15, 0.2) is 11.5 Å². The standard InChI is InChI=1S/C16H24Cl2N2O7S/c1-16(2,3)26-15(21)19-8-9-12(24-6)10(17)14(25-7)11(18)13(9)27-28(22,23)20(4)5/h8H2,1-7H3,(H,19,21). The van der Waals surface area contributed by atoms with Gasteiger partial charge in [0, 0.05) is 14.1 Å². The number of amides is 1. The van der Waals surface area contributed by atoms with Gasteiger partial charge in [-0.25, -0.2) is 4.79 Å². The zero-order valence-corrected chi connectivity index (χ0v) is 19.0. The van der Waals surface area contributed by atoms with Crippen LogP contribution < -0.4 is 19.0 Å². The Labute approximate surface area is 175 Å². The number of nitrogens with zero attached hydrogens (tertiary/aromatic N) is 1. The first-order chi connectivity index (χ1) is 12.7. The molecule has 1 N–H and O–H groups in total. The predicted octanol–water partition coefficient (Wildman–Crippen LogP) is 3.22. The Bertz CT molecular complexity index is 837. The highest BCUT2D eigenvalue weighted by Gasteiger charge is 2.30. The molecule has 0 bridgehead atoms. The lowest BCUT2D eigenvalue weighted by atomic mass is 10.1. The SMILES string of the molecule is COc1c(Cl)c(OC)c(CNC(=O)OC(C)(C)C)c(OS(=O)(=O)N(C)C)c1Cl. The first-order valence-electron chi connectivity index (χ1n) is 7.95. The molecule has 1 rings (SSSR count). The second kappa shape index (κ2) is 9.25. The number of ether oxygens (including phenoxy) is 3. The summed E-state index contributed by atoms with van der Waals surface area (Å²) in [5, 5.41) is 2.29. The quantitative estimate of drug-likeness (QED) is 0.668. The Balaban J connectivity index is 3.48. The molecular formula is C16H24Cl2N2O7S. The molecule has 0 aliphatic rings. The summed E-state index contributed by atoms with van der Waals surface area (Å²) in [5.74, 6) is -0.294. The van der Waals surface area contributed by atoms with Crippen molar-refractivity contribution in [2.75, 3.05) is 28.3 Å². The third kappa shape index (κ3) is 5.94. The lowest BCUT2D eigenvalue weighted by molar-refractivity contribution is 0.0523. The highest BCUT2D eigenvalue weighted by Crippen LogP contribution is 2.49. The predicted molar refractivity (Wildman–Crippen MR) is 106 cm³/mol. The zero-order chi connectivity index (χ0) is 21.9. The first kappa shape index (κ1) is 24.4. The minimum atomic E-state index is -4.18. The van der Waals surface area contributed by atoms with Gasteiger partial charge in [-0.1, -0.05) is 23.2 Å². The lowest BCUT2D eigenvalue weighted by Crippen LogP contribution is -2.32. The van der Waals surface area contributed by atoms with E-state index in [0.717, 1.165) is 4.31 Å². The monoisotopic (exact) mass is 458 g/mol. The fourth-order valence-electron chi connectivity index (χ4n) is 1.96. The van der Waals surface area contributed by atoms with Crippen molar-refractivity contribution in [3.63, 3.8) is 0 Å². The number of carbonyl (C=O) groups excluding carboxylic acids is 1. The van der Waals surface area contributed by atoms with Gasteiger partial charge in [0.1, 0.15) is 21.4 Å². The van der Waals surface area contributed by atoms with E-state index in [9.17, 15) is 13.2 Å². The second-order valence-corrected chi connectivity index (χ2v) is 9.19. The van der Waals surface area contributed by atoms with Crippen molar-refractivity contribution in [2.45, 2.75) is 32.9 Å². The van der Waals surface area contributed by atoms with Gasteiger partial charge < -0.3 is 23.7 Å². The minimum Gasteiger partial charge on any atom is -0.495 e. The van der Waals surface area contributed by atoms with E-state index in [1.54, 1.807) is 20.8 Å². The summed E-state index contributed by atoms with van der Waals surface area (Å²) in [5.41, 5.74) is -0.633. The number of hydrogen-bond acceptors (Lipinski definition) is 7. The number of methoxy groups -OCH3 is 2. The molecule has 0 heterocycles. The molecular weight excluding hydrogens is 435 g/mol. The molecule has 0 saturated heterocycles. The highest BCUT2D eigenvalue weighted by atomic mass is 35.5. The van der Waals surface area contributed by atoms with Crippen molar-refractivity contribution in [1.29, 1.82) is 0 Å². The molecule has 1 amide bonds. The number of carbonyl (C=O) groups is 1. The molecule has 9 nitrogen and oxygen atoms in total. The van der Waals surface area contributed by atoms with Crippen LogP contribution in [0.4, 0.5) is 4.79 Å². The van der Waals surface area contributed by atoms with Crippen molar-refractivity contribution < 1.29 is 31.6 Å². The molecule has 1 aromatic rings. The van der Waals surface area contributed by atoms with Gasteiger partial charge in [-0.15, -0.1) is 0 Å². The van der Waals surface area contributed by atoms with Crippen LogP contribution in [0.1, 0.15) is 26.3 Å². The Morgan fingerprint density at radius 3 is 1.96 bits per heavy atom. The zero-order valence-electron chi connectivity index (χ0n) is 16.7. The van der Waals surface area contributed by atoms with E-state index in [-0.39, 0.29) is 39.4 Å². The number of benzene rings is 1. The van der Waals surface area contributed by atoms with E-state index in [1.807, 2.05) is 0 Å². The van der Waals surface area contributed by atoms with Gasteiger partial charge in [0.05, 0.1) is 26.3 Å². The maximum Gasteiger partial charge on any atom is 0.407 e. The number of alkyl carbamates (subject to hydrolysis) is 1. The van der Waals surface area contributed by atoms with Crippen LogP contribution >= 0.6 is 23.2 Å². The molecule has 160 valence electrons. The highest BCUT2D eigenvalue weighted by molar-refractivity contribution is 7.84. The van der Waals surface area contributed by atoms with Gasteiger partial charge in [0.25, 0.3) is 0 Å². The summed E-state index contributed by atoms with van der Waals surface area (Å²) < 4.78 is 46.0. The van der Waals surface area contributed by atoms with Crippen LogP contribution in [0.25, 0.3) is 0 Å². The van der Waals surface area contributed by atoms with Gasteiger partial charge >= 0.3 is 16.4 Å². The second-order valence-electron chi connectivity index (χ2n) is 6.68. The lowest BCUT2D eigenvalue weighted by Gasteiger charge is -2.22. The van der Waals surface area contributed by atoms with Crippen LogP contribution in [0, 0.1) is 0 Å². The number of hydrogen-bond donors (Lipinski definition) is 1. The molecule has 1 aromatic carbocycles. The molecule has 0 fully saturated rings. The van der Waals surface area contributed by atoms with Crippen molar-refractivity contribution >= 4 is 39.6 Å². The average molecular weight is 459 g/mol. The Morgan fingerprint density at radius 2 is 1.54 bits per heavy atom. The maximum absolute atomic E-state index is 12.2. The largest absolute Gasteiger partial charge is 0.495 e. The molecule has 12 heteroatoms. The van der Waals surface area contributed by atoms with Crippen LogP contribution in [0.5, 0.6) is 17.2 Å². The molecule has 0 aliphatic carbocycles. The molecule has 28 heavy (non-hydrogen) atoms. The van der Waals surface area contributed by atoms with Gasteiger partial charge in [-0.3, -0.25) is 0 Å². The van der Waals surface area contributed by atoms with Crippen LogP contribution in [0.2, 0.25) is 10.0 Å². The van der Waals surface area contributed by atoms with Gasteiger partial charge in [-0.05, 0) is 20.8 Å². The van der Waals surface area contributed by atoms with Gasteiger partial charge in [0.2, 0.25) is 0 Å². The normalized spacial score (nSPS) is 11.9. The molecule has 0 aromatic heterocycles. The Morgan fingerprint density at radius 1 is 1.04 bits per heavy atom. The van der Waals surface area contributed by atoms with Crippen molar-refractivity contribution in [3.8, 4) is 17.2 Å². The first-order valence-corrected chi connectivity index (χ1v) is 10.1. The van der Waals surface area contributed by atoms with E-state index in [0.29, 0.717) is 0 Å². The summed E-state index contributed by atoms with van der Waals surface area (Å²) in [7, 11) is 1.01. The van der Waals surface area contributed by atoms with E-state index >= 15 is 0 Å². The fourth-order valence-corrected chi connectivity index (χ4v) is 3.29. The van der Waals surface area contributed by atoms with Crippen LogP contribution in [-0.4, -0.2) is 52.7 Å². The number of rotatable bonds is 7. The Hall–Kier alpha value is -1.62. The van der Waals surface area contributed by atoms with Crippen LogP contribution in [0.15, 0.2) is 0 Å². The summed E-state index contributed by atoms with van der Waals surface area (Å²) in [6, 6.07) is 0. The summed E-state index contributed by atoms with van der Waals surface area (Å²) in [6.07, 6.45) is -0.737. The topological polar surface area (TPSA) is 103 Å². The van der Waals surface area contributed by atoms with Crippen LogP contribution in [-0.2, 0) is 21.6 Å². The average Bonchev–Trinajstić information content (AvgIpc) is 2.54. The molecule has 0 spiro atoms. The van der Waals surface area contributed by atoms with E-state index in [2.05, 4.69) is 5.32 Å². The summed E-state index contributed by atoms with van der Waals surface area (Å²) in [6.45, 7) is 4.87. The van der Waals surface area contributed by atoms with E-state index in [1.165, 1.54) is 28.3 Å². The minimum absolute atomic E-state index is 0.00871. The van der Waals surface area contributed by atoms with Crippen LogP contribution in [0.3, 0.4) is 0 Å². The van der Waals surface area contributed by atoms with Crippen molar-refractivity contribution in [1.82, 2.24) is 9.62 Å². The molecule has 0 atom stereocenters. The molecule has 0 radical (unpaired) electrons. The molecule has 0 unspecified atom stereocenters. The van der Waals surface area contributed by atoms with Crippen molar-refractivity contribution in [3.05, 3.63) is 15.6 Å². The molecule has 0 aliphatic heterocycles. The fraction of sp³-hybridized carbons (Fsp3) is 0.562. The number of halogens is 2. The smallest absolute Gasteiger partial charge is 0.407 e. The third-order valence-electron chi connectivity index (χ3n) is 3.20. The van der Waals surface area contributed by atoms with Gasteiger partial charge in [-0.2, -0.15) is 12.7 Å². The Kier molecular flexibility index (Phi) is 8.07. The summed E-state index contributed by atoms with van der Waals surface area (Å²) in [4.78, 5) is 12.0.